The Morgan fingerprint density at radius 2 is 2.36 bits per heavy atom. The highest BCUT2D eigenvalue weighted by Gasteiger charge is 2.55. The van der Waals surface area contributed by atoms with Crippen molar-refractivity contribution in [3.63, 3.8) is 0 Å². The van der Waals surface area contributed by atoms with Gasteiger partial charge in [-0.15, -0.1) is 0 Å². The predicted molar refractivity (Wildman–Crippen MR) is 42.6 cm³/mol. The van der Waals surface area contributed by atoms with Crippen molar-refractivity contribution in [2.45, 2.75) is 38.0 Å². The Hall–Kier alpha value is -0.0151. The van der Waals surface area contributed by atoms with Gasteiger partial charge in [-0.25, -0.2) is 0 Å². The highest BCUT2D eigenvalue weighted by Crippen LogP contribution is 2.45. The van der Waals surface area contributed by atoms with Crippen molar-refractivity contribution in [3.05, 3.63) is 0 Å². The number of ether oxygens (including phenoxy) is 2. The van der Waals surface area contributed by atoms with Crippen LogP contribution in [0.3, 0.4) is 0 Å². The molecule has 0 amide bonds. The third-order valence-electron chi connectivity index (χ3n) is 3.14. The summed E-state index contributed by atoms with van der Waals surface area (Å²) in [6, 6.07) is -0.196. The minimum absolute atomic E-state index is 0.0654. The summed E-state index contributed by atoms with van der Waals surface area (Å²) in [6.07, 6.45) is 1.13. The van der Waals surface area contributed by atoms with Crippen LogP contribution in [0.15, 0.2) is 0 Å². The molecule has 4 atom stereocenters. The Morgan fingerprint density at radius 1 is 1.64 bits per heavy atom. The van der Waals surface area contributed by atoms with Gasteiger partial charge >= 0.3 is 0 Å². The van der Waals surface area contributed by atoms with Crippen LogP contribution in [0.25, 0.3) is 0 Å². The molecule has 0 aromatic heterocycles. The van der Waals surface area contributed by atoms with Crippen LogP contribution < -0.4 is 0 Å². The zero-order chi connectivity index (χ0) is 8.06. The highest BCUT2D eigenvalue weighted by molar-refractivity contribution is 6.11. The maximum atomic E-state index is 5.72. The summed E-state index contributed by atoms with van der Waals surface area (Å²) in [5.74, 6) is 0.461. The van der Waals surface area contributed by atoms with Crippen LogP contribution in [0.5, 0.6) is 0 Å². The van der Waals surface area contributed by atoms with Gasteiger partial charge in [0.15, 0.2) is 0 Å². The van der Waals surface area contributed by atoms with Gasteiger partial charge in [0, 0.05) is 11.9 Å². The first-order valence-electron chi connectivity index (χ1n) is 4.24. The van der Waals surface area contributed by atoms with Crippen molar-refractivity contribution < 1.29 is 9.47 Å². The maximum Gasteiger partial charge on any atom is 0.112 e. The second kappa shape index (κ2) is 2.24. The normalized spacial score (nSPS) is 55.3. The molecule has 2 aliphatic rings. The van der Waals surface area contributed by atoms with Gasteiger partial charge in [0.25, 0.3) is 0 Å². The molecule has 0 aromatic carbocycles. The molecule has 3 heteroatoms. The Morgan fingerprint density at radius 3 is 2.64 bits per heavy atom. The molecule has 2 nitrogen and oxygen atoms in total. The molecule has 0 spiro atoms. The molecule has 2 unspecified atom stereocenters. The first kappa shape index (κ1) is 7.62. The van der Waals surface area contributed by atoms with E-state index in [4.69, 9.17) is 17.3 Å². The standard InChI is InChI=1S/C8H13BO2/c1-3-8-4-10-6(5(8)2)7(9)11-8/h5-7H,3-4H2,1-2H3/t5-,6?,7+,8?/m0/s1. The smallest absolute Gasteiger partial charge is 0.112 e. The van der Waals surface area contributed by atoms with E-state index < -0.39 is 0 Å². The molecular formula is C8H13BO2. The van der Waals surface area contributed by atoms with E-state index in [1.165, 1.54) is 0 Å². The van der Waals surface area contributed by atoms with Gasteiger partial charge in [-0.05, 0) is 6.42 Å². The Labute approximate surface area is 68.7 Å². The molecule has 0 saturated carbocycles. The molecule has 2 fully saturated rings. The number of rotatable bonds is 1. The minimum atomic E-state index is -0.196. The molecule has 0 N–H and O–H groups in total. The molecule has 2 aliphatic heterocycles. The summed E-state index contributed by atoms with van der Waals surface area (Å²) in [4.78, 5) is 0. The molecule has 60 valence electrons. The first-order chi connectivity index (χ1) is 5.19. The molecule has 2 saturated heterocycles. The van der Waals surface area contributed by atoms with E-state index in [1.807, 2.05) is 0 Å². The van der Waals surface area contributed by atoms with E-state index in [0.29, 0.717) is 5.92 Å². The van der Waals surface area contributed by atoms with Gasteiger partial charge in [-0.3, -0.25) is 0 Å². The van der Waals surface area contributed by atoms with Crippen LogP contribution in [0.1, 0.15) is 20.3 Å². The lowest BCUT2D eigenvalue weighted by atomic mass is 9.85. The molecule has 11 heavy (non-hydrogen) atoms. The first-order valence-corrected chi connectivity index (χ1v) is 4.24. The molecule has 0 aliphatic carbocycles. The van der Waals surface area contributed by atoms with Gasteiger partial charge in [0.05, 0.1) is 18.3 Å². The average Bonchev–Trinajstić information content (AvgIpc) is 2.42. The van der Waals surface area contributed by atoms with Crippen LogP contribution in [0.4, 0.5) is 0 Å². The fraction of sp³-hybridized carbons (Fsp3) is 1.00. The van der Waals surface area contributed by atoms with Crippen molar-refractivity contribution in [2.24, 2.45) is 5.92 Å². The van der Waals surface area contributed by atoms with Crippen LogP contribution in [0, 0.1) is 5.92 Å². The van der Waals surface area contributed by atoms with E-state index in [2.05, 4.69) is 13.8 Å². The third-order valence-corrected chi connectivity index (χ3v) is 3.14. The highest BCUT2D eigenvalue weighted by atomic mass is 16.6. The zero-order valence-corrected chi connectivity index (χ0v) is 7.04. The molecule has 2 heterocycles. The van der Waals surface area contributed by atoms with E-state index in [-0.39, 0.29) is 17.7 Å². The van der Waals surface area contributed by atoms with Gasteiger partial charge < -0.3 is 9.47 Å². The summed E-state index contributed by atoms with van der Waals surface area (Å²) in [5, 5.41) is 0. The molecule has 2 bridgehead atoms. The lowest BCUT2D eigenvalue weighted by Gasteiger charge is -2.29. The second-order valence-corrected chi connectivity index (χ2v) is 3.57. The van der Waals surface area contributed by atoms with E-state index >= 15 is 0 Å². The summed E-state index contributed by atoms with van der Waals surface area (Å²) in [7, 11) is 5.72. The van der Waals surface area contributed by atoms with Crippen LogP contribution in [-0.2, 0) is 9.47 Å². The van der Waals surface area contributed by atoms with E-state index in [1.54, 1.807) is 0 Å². The zero-order valence-electron chi connectivity index (χ0n) is 7.04. The van der Waals surface area contributed by atoms with E-state index in [9.17, 15) is 0 Å². The summed E-state index contributed by atoms with van der Waals surface area (Å²) < 4.78 is 11.2. The topological polar surface area (TPSA) is 18.5 Å². The number of hydrogen-bond acceptors (Lipinski definition) is 2. The van der Waals surface area contributed by atoms with Gasteiger partial charge in [0.2, 0.25) is 0 Å². The van der Waals surface area contributed by atoms with Crippen LogP contribution in [0.2, 0.25) is 0 Å². The lowest BCUT2D eigenvalue weighted by molar-refractivity contribution is -0.115. The Kier molecular flexibility index (Phi) is 1.55. The lowest BCUT2D eigenvalue weighted by Crippen LogP contribution is -2.37. The maximum absolute atomic E-state index is 5.72. The Bertz CT molecular complexity index is 173. The number of fused-ring (bicyclic) bond motifs is 2. The predicted octanol–water partition coefficient (Wildman–Crippen LogP) is 0.695. The van der Waals surface area contributed by atoms with Gasteiger partial charge in [0.1, 0.15) is 7.85 Å². The fourth-order valence-electron chi connectivity index (χ4n) is 2.18. The van der Waals surface area contributed by atoms with E-state index in [0.717, 1.165) is 13.0 Å². The van der Waals surface area contributed by atoms with Crippen molar-refractivity contribution in [1.82, 2.24) is 0 Å². The van der Waals surface area contributed by atoms with Gasteiger partial charge in [-0.1, -0.05) is 13.8 Å². The molecular weight excluding hydrogens is 139 g/mol. The monoisotopic (exact) mass is 152 g/mol. The quantitative estimate of drug-likeness (QED) is 0.514. The molecule has 0 aromatic rings. The van der Waals surface area contributed by atoms with Crippen molar-refractivity contribution >= 4 is 7.85 Å². The van der Waals surface area contributed by atoms with Crippen LogP contribution >= 0.6 is 0 Å². The summed E-state index contributed by atoms with van der Waals surface area (Å²) in [6.45, 7) is 5.01. The van der Waals surface area contributed by atoms with Crippen molar-refractivity contribution in [2.75, 3.05) is 6.61 Å². The van der Waals surface area contributed by atoms with Crippen LogP contribution in [-0.4, -0.2) is 32.2 Å². The fourth-order valence-corrected chi connectivity index (χ4v) is 2.18. The second-order valence-electron chi connectivity index (χ2n) is 3.57. The van der Waals surface area contributed by atoms with Crippen molar-refractivity contribution in [3.8, 4) is 0 Å². The number of hydrogen-bond donors (Lipinski definition) is 0. The molecule has 2 rings (SSSR count). The summed E-state index contributed by atoms with van der Waals surface area (Å²) in [5.41, 5.74) is -0.0654. The largest absolute Gasteiger partial charge is 0.376 e. The molecule has 2 radical (unpaired) electrons. The Balaban J connectivity index is 2.24. The SMILES string of the molecule is [B][C@@H]1OC2(CC)COC1[C@@H]2C. The summed E-state index contributed by atoms with van der Waals surface area (Å²) >= 11 is 0. The van der Waals surface area contributed by atoms with Crippen molar-refractivity contribution in [1.29, 1.82) is 0 Å². The average molecular weight is 152 g/mol. The third kappa shape index (κ3) is 0.813. The minimum Gasteiger partial charge on any atom is -0.376 e. The van der Waals surface area contributed by atoms with Gasteiger partial charge in [-0.2, -0.15) is 0 Å².